The molecule has 128 valence electrons. The van der Waals surface area contributed by atoms with E-state index in [-0.39, 0.29) is 25.5 Å². The second kappa shape index (κ2) is 5.60. The lowest BCUT2D eigenvalue weighted by molar-refractivity contribution is -0.141. The third-order valence-electron chi connectivity index (χ3n) is 4.52. The van der Waals surface area contributed by atoms with Gasteiger partial charge in [-0.3, -0.25) is 9.59 Å². The molecule has 0 radical (unpaired) electrons. The van der Waals surface area contributed by atoms with Crippen LogP contribution in [0.25, 0.3) is 0 Å². The molecule has 0 bridgehead atoms. The number of carbonyl (C=O) groups excluding carboxylic acids is 2. The van der Waals surface area contributed by atoms with E-state index in [0.717, 1.165) is 5.56 Å². The van der Waals surface area contributed by atoms with Gasteiger partial charge in [0.2, 0.25) is 6.79 Å². The topological polar surface area (TPSA) is 76.1 Å². The predicted octanol–water partition coefficient (Wildman–Crippen LogP) is 2.13. The molecule has 6 nitrogen and oxygen atoms in total. The van der Waals surface area contributed by atoms with Gasteiger partial charge in [0.25, 0.3) is 5.91 Å². The molecule has 0 aromatic heterocycles. The van der Waals surface area contributed by atoms with E-state index in [4.69, 9.17) is 9.47 Å². The number of ether oxygens (including phenoxy) is 2. The number of benzene rings is 2. The molecule has 2 aliphatic rings. The van der Waals surface area contributed by atoms with Gasteiger partial charge in [0.15, 0.2) is 17.1 Å². The molecule has 2 aromatic carbocycles. The summed E-state index contributed by atoms with van der Waals surface area (Å²) < 4.78 is 10.7. The zero-order valence-electron chi connectivity index (χ0n) is 13.7. The number of fused-ring (bicyclic) bond motifs is 2. The van der Waals surface area contributed by atoms with Crippen molar-refractivity contribution in [2.24, 2.45) is 0 Å². The minimum Gasteiger partial charge on any atom is -0.454 e. The highest BCUT2D eigenvalue weighted by Crippen LogP contribution is 2.43. The summed E-state index contributed by atoms with van der Waals surface area (Å²) in [6, 6.07) is 12.5. The van der Waals surface area contributed by atoms with E-state index in [0.29, 0.717) is 22.7 Å². The zero-order chi connectivity index (χ0) is 17.6. The Hall–Kier alpha value is -2.86. The number of para-hydroxylation sites is 1. The first-order chi connectivity index (χ1) is 12.0. The number of carbonyl (C=O) groups is 2. The van der Waals surface area contributed by atoms with Crippen molar-refractivity contribution >= 4 is 17.4 Å². The van der Waals surface area contributed by atoms with Gasteiger partial charge in [0.05, 0.1) is 12.2 Å². The number of hydrogen-bond donors (Lipinski definition) is 1. The number of rotatable bonds is 4. The van der Waals surface area contributed by atoms with Crippen molar-refractivity contribution < 1.29 is 24.2 Å². The molecular weight excluding hydrogens is 322 g/mol. The third-order valence-corrected chi connectivity index (χ3v) is 4.52. The lowest BCUT2D eigenvalue weighted by atomic mass is 9.90. The van der Waals surface area contributed by atoms with Crippen molar-refractivity contribution in [1.29, 1.82) is 0 Å². The quantitative estimate of drug-likeness (QED) is 0.923. The Bertz CT molecular complexity index is 878. The fraction of sp³-hybridized carbons (Fsp3) is 0.263. The van der Waals surface area contributed by atoms with Gasteiger partial charge >= 0.3 is 0 Å². The number of amides is 1. The Balaban J connectivity index is 1.70. The first-order valence-corrected chi connectivity index (χ1v) is 8.01. The maximum absolute atomic E-state index is 12.9. The van der Waals surface area contributed by atoms with Crippen molar-refractivity contribution in [3.8, 4) is 11.5 Å². The van der Waals surface area contributed by atoms with Gasteiger partial charge in [-0.15, -0.1) is 0 Å². The van der Waals surface area contributed by atoms with E-state index in [1.807, 2.05) is 12.1 Å². The number of Topliss-reactive ketones (excluding diaryl/α,β-unsaturated/α-hetero) is 1. The fourth-order valence-corrected chi connectivity index (χ4v) is 3.42. The Kier molecular flexibility index (Phi) is 3.51. The highest BCUT2D eigenvalue weighted by atomic mass is 16.7. The van der Waals surface area contributed by atoms with Crippen LogP contribution in [-0.2, 0) is 21.7 Å². The summed E-state index contributed by atoms with van der Waals surface area (Å²) in [5.74, 6) is 0.582. The van der Waals surface area contributed by atoms with Gasteiger partial charge in [-0.1, -0.05) is 24.3 Å². The molecule has 1 unspecified atom stereocenters. The molecule has 2 heterocycles. The Morgan fingerprint density at radius 2 is 1.96 bits per heavy atom. The van der Waals surface area contributed by atoms with Crippen LogP contribution in [0.15, 0.2) is 42.5 Å². The molecule has 25 heavy (non-hydrogen) atoms. The molecule has 6 heteroatoms. The normalized spacial score (nSPS) is 20.7. The van der Waals surface area contributed by atoms with Gasteiger partial charge in [-0.05, 0) is 30.7 Å². The SMILES string of the molecule is CC(=O)CC1(O)C(=O)N(Cc2ccc3c(c2)OCO3)c2ccccc21. The summed E-state index contributed by atoms with van der Waals surface area (Å²) in [4.78, 5) is 26.0. The van der Waals surface area contributed by atoms with Crippen molar-refractivity contribution in [3.05, 3.63) is 53.6 Å². The van der Waals surface area contributed by atoms with E-state index >= 15 is 0 Å². The first kappa shape index (κ1) is 15.7. The molecule has 0 saturated carbocycles. The highest BCUT2D eigenvalue weighted by Gasteiger charge is 2.50. The van der Waals surface area contributed by atoms with Gasteiger partial charge < -0.3 is 19.5 Å². The van der Waals surface area contributed by atoms with E-state index in [9.17, 15) is 14.7 Å². The summed E-state index contributed by atoms with van der Waals surface area (Å²) in [5, 5.41) is 10.9. The summed E-state index contributed by atoms with van der Waals surface area (Å²) in [6.07, 6.45) is -0.236. The molecule has 0 saturated heterocycles. The van der Waals surface area contributed by atoms with Gasteiger partial charge in [0, 0.05) is 12.0 Å². The monoisotopic (exact) mass is 339 g/mol. The molecule has 1 N–H and O–H groups in total. The number of ketones is 1. The lowest BCUT2D eigenvalue weighted by Crippen LogP contribution is -2.41. The average Bonchev–Trinajstić information content (AvgIpc) is 3.12. The number of hydrogen-bond acceptors (Lipinski definition) is 5. The van der Waals surface area contributed by atoms with Crippen LogP contribution in [-0.4, -0.2) is 23.6 Å². The van der Waals surface area contributed by atoms with E-state index < -0.39 is 11.5 Å². The van der Waals surface area contributed by atoms with E-state index in [2.05, 4.69) is 0 Å². The number of nitrogens with zero attached hydrogens (tertiary/aromatic N) is 1. The van der Waals surface area contributed by atoms with Crippen molar-refractivity contribution in [2.45, 2.75) is 25.5 Å². The predicted molar refractivity (Wildman–Crippen MR) is 89.4 cm³/mol. The minimum atomic E-state index is -1.81. The van der Waals surface area contributed by atoms with E-state index in [1.54, 1.807) is 30.3 Å². The minimum absolute atomic E-state index is 0.183. The summed E-state index contributed by atoms with van der Waals surface area (Å²) in [5.41, 5.74) is 0.128. The van der Waals surface area contributed by atoms with Gasteiger partial charge in [0.1, 0.15) is 5.78 Å². The molecule has 1 atom stereocenters. The molecular formula is C19H17NO5. The standard InChI is InChI=1S/C19H17NO5/c1-12(21)9-19(23)14-4-2-3-5-15(14)20(18(19)22)10-13-6-7-16-17(8-13)25-11-24-16/h2-8,23H,9-11H2,1H3. The highest BCUT2D eigenvalue weighted by molar-refractivity contribution is 6.08. The van der Waals surface area contributed by atoms with Gasteiger partial charge in [-0.2, -0.15) is 0 Å². The summed E-state index contributed by atoms with van der Waals surface area (Å²) in [7, 11) is 0. The van der Waals surface area contributed by atoms with Crippen molar-refractivity contribution in [1.82, 2.24) is 0 Å². The maximum atomic E-state index is 12.9. The summed E-state index contributed by atoms with van der Waals surface area (Å²) in [6.45, 7) is 1.82. The first-order valence-electron chi connectivity index (χ1n) is 8.01. The molecule has 0 fully saturated rings. The zero-order valence-corrected chi connectivity index (χ0v) is 13.7. The van der Waals surface area contributed by atoms with Crippen molar-refractivity contribution in [2.75, 3.05) is 11.7 Å². The Morgan fingerprint density at radius 3 is 2.76 bits per heavy atom. The fourth-order valence-electron chi connectivity index (χ4n) is 3.42. The second-order valence-corrected chi connectivity index (χ2v) is 6.34. The van der Waals surface area contributed by atoms with Crippen molar-refractivity contribution in [3.63, 3.8) is 0 Å². The molecule has 0 aliphatic carbocycles. The molecule has 0 spiro atoms. The van der Waals surface area contributed by atoms with Crippen LogP contribution in [0.4, 0.5) is 5.69 Å². The van der Waals surface area contributed by atoms with Crippen LogP contribution < -0.4 is 14.4 Å². The van der Waals surface area contributed by atoms with Crippen LogP contribution in [0.1, 0.15) is 24.5 Å². The van der Waals surface area contributed by atoms with Gasteiger partial charge in [-0.25, -0.2) is 0 Å². The smallest absolute Gasteiger partial charge is 0.264 e. The lowest BCUT2D eigenvalue weighted by Gasteiger charge is -2.22. The molecule has 2 aliphatic heterocycles. The third kappa shape index (κ3) is 2.46. The maximum Gasteiger partial charge on any atom is 0.264 e. The number of aliphatic hydroxyl groups is 1. The largest absolute Gasteiger partial charge is 0.454 e. The molecule has 1 amide bonds. The summed E-state index contributed by atoms with van der Waals surface area (Å²) >= 11 is 0. The molecule has 2 aromatic rings. The molecule has 4 rings (SSSR count). The van der Waals surface area contributed by atoms with Crippen LogP contribution in [0, 0.1) is 0 Å². The average molecular weight is 339 g/mol. The van der Waals surface area contributed by atoms with Crippen LogP contribution in [0.3, 0.4) is 0 Å². The Morgan fingerprint density at radius 1 is 1.20 bits per heavy atom. The van der Waals surface area contributed by atoms with Crippen LogP contribution in [0.5, 0.6) is 11.5 Å². The van der Waals surface area contributed by atoms with Crippen LogP contribution >= 0.6 is 0 Å². The number of anilines is 1. The van der Waals surface area contributed by atoms with E-state index in [1.165, 1.54) is 11.8 Å². The second-order valence-electron chi connectivity index (χ2n) is 6.34. The van der Waals surface area contributed by atoms with Crippen LogP contribution in [0.2, 0.25) is 0 Å². The Labute approximate surface area is 144 Å².